The Balaban J connectivity index is 1.90. The van der Waals surface area contributed by atoms with Crippen LogP contribution in [-0.2, 0) is 22.6 Å². The Bertz CT molecular complexity index is 442. The molecule has 1 atom stereocenters. The summed E-state index contributed by atoms with van der Waals surface area (Å²) >= 11 is 0. The minimum atomic E-state index is 0.121. The molecule has 0 bridgehead atoms. The number of likely N-dealkylation sites (N-methyl/N-ethyl adjacent to an activating group) is 1. The normalized spacial score (nSPS) is 18.2. The Kier molecular flexibility index (Phi) is 4.59. The molecule has 3 heteroatoms. The van der Waals surface area contributed by atoms with E-state index in [1.165, 1.54) is 11.1 Å². The lowest BCUT2D eigenvalue weighted by Crippen LogP contribution is -2.38. The van der Waals surface area contributed by atoms with Crippen molar-refractivity contribution in [3.63, 3.8) is 0 Å². The molecule has 0 aromatic heterocycles. The van der Waals surface area contributed by atoms with Gasteiger partial charge in [0.1, 0.15) is 0 Å². The molecule has 1 aliphatic rings. The van der Waals surface area contributed by atoms with E-state index in [0.29, 0.717) is 25.5 Å². The third-order valence-electron chi connectivity index (χ3n) is 3.53. The maximum Gasteiger partial charge on any atom is 0.222 e. The molecule has 0 saturated heterocycles. The number of carbonyl (C=O) groups is 1. The highest BCUT2D eigenvalue weighted by molar-refractivity contribution is 5.76. The molecule has 0 spiro atoms. The summed E-state index contributed by atoms with van der Waals surface area (Å²) < 4.78 is 5.84. The average Bonchev–Trinajstić information content (AvgIpc) is 2.37. The molecule has 1 aromatic carbocycles. The number of ether oxygens (including phenoxy) is 1. The molecule has 1 aromatic rings. The minimum Gasteiger partial charge on any atom is -0.371 e. The molecule has 1 heterocycles. The Morgan fingerprint density at radius 2 is 2.05 bits per heavy atom. The second-order valence-corrected chi connectivity index (χ2v) is 5.78. The predicted octanol–water partition coefficient (Wildman–Crippen LogP) is 2.63. The predicted molar refractivity (Wildman–Crippen MR) is 75.8 cm³/mol. The quantitative estimate of drug-likeness (QED) is 0.834. The van der Waals surface area contributed by atoms with Gasteiger partial charge in [0.15, 0.2) is 0 Å². The second kappa shape index (κ2) is 6.20. The van der Waals surface area contributed by atoms with Crippen molar-refractivity contribution in [2.24, 2.45) is 5.92 Å². The summed E-state index contributed by atoms with van der Waals surface area (Å²) in [5.41, 5.74) is 2.62. The lowest BCUT2D eigenvalue weighted by Gasteiger charge is -2.29. The maximum absolute atomic E-state index is 11.9. The first-order valence-corrected chi connectivity index (χ1v) is 6.98. The molecule has 1 amide bonds. The third kappa shape index (κ3) is 3.80. The van der Waals surface area contributed by atoms with Crippen LogP contribution in [0.2, 0.25) is 0 Å². The zero-order valence-corrected chi connectivity index (χ0v) is 12.1. The third-order valence-corrected chi connectivity index (χ3v) is 3.53. The van der Waals surface area contributed by atoms with Gasteiger partial charge in [-0.25, -0.2) is 0 Å². The Morgan fingerprint density at radius 3 is 2.74 bits per heavy atom. The Morgan fingerprint density at radius 1 is 1.37 bits per heavy atom. The van der Waals surface area contributed by atoms with Gasteiger partial charge in [-0.05, 0) is 17.0 Å². The van der Waals surface area contributed by atoms with Crippen LogP contribution in [0.15, 0.2) is 24.3 Å². The van der Waals surface area contributed by atoms with Crippen molar-refractivity contribution >= 4 is 5.91 Å². The Hall–Kier alpha value is -1.35. The fraction of sp³-hybridized carbons (Fsp3) is 0.562. The molecular weight excluding hydrogens is 238 g/mol. The highest BCUT2D eigenvalue weighted by atomic mass is 16.5. The van der Waals surface area contributed by atoms with Crippen LogP contribution in [0.4, 0.5) is 0 Å². The van der Waals surface area contributed by atoms with Crippen LogP contribution < -0.4 is 0 Å². The summed E-state index contributed by atoms with van der Waals surface area (Å²) in [5, 5.41) is 0. The number of hydrogen-bond donors (Lipinski definition) is 0. The number of fused-ring (bicyclic) bond motifs is 1. The molecule has 1 aliphatic heterocycles. The fourth-order valence-corrected chi connectivity index (χ4v) is 2.44. The van der Waals surface area contributed by atoms with E-state index in [4.69, 9.17) is 4.74 Å². The molecule has 3 nitrogen and oxygen atoms in total. The van der Waals surface area contributed by atoms with Crippen molar-refractivity contribution < 1.29 is 9.53 Å². The van der Waals surface area contributed by atoms with E-state index in [0.717, 1.165) is 6.42 Å². The number of benzene rings is 1. The van der Waals surface area contributed by atoms with Crippen molar-refractivity contribution in [3.8, 4) is 0 Å². The number of amides is 1. The molecule has 104 valence electrons. The van der Waals surface area contributed by atoms with Gasteiger partial charge in [0.05, 0.1) is 12.7 Å². The number of nitrogens with zero attached hydrogens (tertiary/aromatic N) is 1. The molecule has 0 radical (unpaired) electrons. The summed E-state index contributed by atoms with van der Waals surface area (Å²) in [7, 11) is 1.87. The molecule has 0 N–H and O–H groups in total. The smallest absolute Gasteiger partial charge is 0.222 e. The number of hydrogen-bond acceptors (Lipinski definition) is 2. The number of rotatable bonds is 4. The number of carbonyl (C=O) groups excluding carboxylic acids is 1. The Labute approximate surface area is 115 Å². The van der Waals surface area contributed by atoms with Gasteiger partial charge in [-0.1, -0.05) is 38.1 Å². The van der Waals surface area contributed by atoms with Crippen molar-refractivity contribution in [2.75, 3.05) is 13.6 Å². The largest absolute Gasteiger partial charge is 0.371 e. The zero-order valence-electron chi connectivity index (χ0n) is 12.1. The summed E-state index contributed by atoms with van der Waals surface area (Å²) in [6, 6.07) is 8.37. The van der Waals surface area contributed by atoms with Gasteiger partial charge in [0.25, 0.3) is 0 Å². The SMILES string of the molecule is CC(C)CC(=O)N(C)CC1Cc2ccccc2CO1. The van der Waals surface area contributed by atoms with Gasteiger partial charge in [-0.3, -0.25) is 4.79 Å². The molecule has 0 fully saturated rings. The lowest BCUT2D eigenvalue weighted by molar-refractivity contribution is -0.132. The van der Waals surface area contributed by atoms with Gasteiger partial charge in [0, 0.05) is 26.4 Å². The van der Waals surface area contributed by atoms with E-state index in [9.17, 15) is 4.79 Å². The van der Waals surface area contributed by atoms with E-state index < -0.39 is 0 Å². The van der Waals surface area contributed by atoms with Gasteiger partial charge < -0.3 is 9.64 Å². The van der Waals surface area contributed by atoms with Gasteiger partial charge in [-0.2, -0.15) is 0 Å². The monoisotopic (exact) mass is 261 g/mol. The van der Waals surface area contributed by atoms with Gasteiger partial charge in [0.2, 0.25) is 5.91 Å². The van der Waals surface area contributed by atoms with E-state index in [-0.39, 0.29) is 12.0 Å². The van der Waals surface area contributed by atoms with Crippen LogP contribution in [-0.4, -0.2) is 30.5 Å². The van der Waals surface area contributed by atoms with Crippen molar-refractivity contribution in [1.82, 2.24) is 4.90 Å². The minimum absolute atomic E-state index is 0.121. The summed E-state index contributed by atoms with van der Waals surface area (Å²) in [6.07, 6.45) is 1.63. The highest BCUT2D eigenvalue weighted by Gasteiger charge is 2.22. The summed E-state index contributed by atoms with van der Waals surface area (Å²) in [4.78, 5) is 13.7. The average molecular weight is 261 g/mol. The van der Waals surface area contributed by atoms with Gasteiger partial charge >= 0.3 is 0 Å². The van der Waals surface area contributed by atoms with Crippen molar-refractivity contribution in [1.29, 1.82) is 0 Å². The van der Waals surface area contributed by atoms with Crippen LogP contribution in [0.25, 0.3) is 0 Å². The molecule has 0 aliphatic carbocycles. The van der Waals surface area contributed by atoms with E-state index in [2.05, 4.69) is 32.0 Å². The first-order chi connectivity index (χ1) is 9.06. The van der Waals surface area contributed by atoms with E-state index >= 15 is 0 Å². The topological polar surface area (TPSA) is 29.5 Å². The van der Waals surface area contributed by atoms with Crippen LogP contribution in [0.5, 0.6) is 0 Å². The molecule has 1 unspecified atom stereocenters. The van der Waals surface area contributed by atoms with Crippen molar-refractivity contribution in [2.45, 2.75) is 39.4 Å². The van der Waals surface area contributed by atoms with Crippen molar-refractivity contribution in [3.05, 3.63) is 35.4 Å². The molecule has 19 heavy (non-hydrogen) atoms. The summed E-state index contributed by atoms with van der Waals surface area (Å²) in [5.74, 6) is 0.611. The molecule has 0 saturated carbocycles. The summed E-state index contributed by atoms with van der Waals surface area (Å²) in [6.45, 7) is 5.48. The van der Waals surface area contributed by atoms with Gasteiger partial charge in [-0.15, -0.1) is 0 Å². The standard InChI is InChI=1S/C16H23NO2/c1-12(2)8-16(18)17(3)10-15-9-13-6-4-5-7-14(13)11-19-15/h4-7,12,15H,8-11H2,1-3H3. The first kappa shape index (κ1) is 14.1. The second-order valence-electron chi connectivity index (χ2n) is 5.78. The first-order valence-electron chi connectivity index (χ1n) is 6.98. The van der Waals surface area contributed by atoms with Crippen LogP contribution in [0.3, 0.4) is 0 Å². The van der Waals surface area contributed by atoms with Crippen LogP contribution in [0, 0.1) is 5.92 Å². The van der Waals surface area contributed by atoms with Crippen LogP contribution >= 0.6 is 0 Å². The molecular formula is C16H23NO2. The van der Waals surface area contributed by atoms with E-state index in [1.807, 2.05) is 13.1 Å². The highest BCUT2D eigenvalue weighted by Crippen LogP contribution is 2.20. The zero-order chi connectivity index (χ0) is 13.8. The maximum atomic E-state index is 11.9. The van der Waals surface area contributed by atoms with E-state index in [1.54, 1.807) is 4.90 Å². The van der Waals surface area contributed by atoms with Crippen LogP contribution in [0.1, 0.15) is 31.4 Å². The lowest BCUT2D eigenvalue weighted by atomic mass is 9.99. The fourth-order valence-electron chi connectivity index (χ4n) is 2.44. The molecule has 2 rings (SSSR count).